The van der Waals surface area contributed by atoms with Gasteiger partial charge in [0, 0.05) is 6.61 Å². The van der Waals surface area contributed by atoms with Gasteiger partial charge < -0.3 is 4.43 Å². The zero-order valence-electron chi connectivity index (χ0n) is 9.24. The van der Waals surface area contributed by atoms with E-state index in [1.54, 1.807) is 0 Å². The van der Waals surface area contributed by atoms with Crippen LogP contribution in [0.15, 0.2) is 0 Å². The molecule has 0 rings (SSSR count). The second-order valence-electron chi connectivity index (χ2n) is 3.80. The van der Waals surface area contributed by atoms with Crippen LogP contribution in [-0.4, -0.2) is 19.4 Å². The van der Waals surface area contributed by atoms with Crippen molar-refractivity contribution >= 4 is 30.9 Å². The molecule has 0 aromatic heterocycles. The molecular weight excluding hydrogens is 291 g/mol. The summed E-state index contributed by atoms with van der Waals surface area (Å²) in [5.41, 5.74) is 0. The number of rotatable bonds is 8. The topological polar surface area (TPSA) is 9.23 Å². The highest BCUT2D eigenvalue weighted by atomic mass is 127. The first-order valence-corrected chi connectivity index (χ1v) is 9.73. The first-order chi connectivity index (χ1) is 6.18. The molecule has 0 aliphatic heterocycles. The van der Waals surface area contributed by atoms with Crippen LogP contribution in [0.5, 0.6) is 0 Å². The number of hydrogen-bond acceptors (Lipinski definition) is 1. The Balaban J connectivity index is 3.67. The fraction of sp³-hybridized carbons (Fsp3) is 1.00. The van der Waals surface area contributed by atoms with E-state index >= 15 is 0 Å². The minimum atomic E-state index is -1.29. The van der Waals surface area contributed by atoms with Crippen LogP contribution in [0.2, 0.25) is 18.6 Å². The van der Waals surface area contributed by atoms with Crippen molar-refractivity contribution in [3.8, 4) is 0 Å². The maximum absolute atomic E-state index is 6.06. The smallest absolute Gasteiger partial charge is 0.189 e. The van der Waals surface area contributed by atoms with Crippen molar-refractivity contribution in [3.05, 3.63) is 0 Å². The van der Waals surface area contributed by atoms with E-state index in [4.69, 9.17) is 4.43 Å². The van der Waals surface area contributed by atoms with E-state index in [1.807, 2.05) is 0 Å². The van der Waals surface area contributed by atoms with Crippen LogP contribution in [0, 0.1) is 0 Å². The summed E-state index contributed by atoms with van der Waals surface area (Å²) in [6.45, 7) is 7.88. The minimum absolute atomic E-state index is 0.994. The summed E-state index contributed by atoms with van der Waals surface area (Å²) < 4.78 is 7.33. The highest BCUT2D eigenvalue weighted by molar-refractivity contribution is 14.1. The third kappa shape index (κ3) is 6.91. The first kappa shape index (κ1) is 13.9. The molecule has 1 unspecified atom stereocenters. The summed E-state index contributed by atoms with van der Waals surface area (Å²) >= 11 is 2.46. The highest BCUT2D eigenvalue weighted by Crippen LogP contribution is 2.19. The summed E-state index contributed by atoms with van der Waals surface area (Å²) in [6, 6.07) is 2.61. The molecule has 0 bridgehead atoms. The van der Waals surface area contributed by atoms with E-state index in [9.17, 15) is 0 Å². The van der Waals surface area contributed by atoms with Crippen molar-refractivity contribution < 1.29 is 4.43 Å². The number of unbranched alkanes of at least 4 members (excludes halogenated alkanes) is 1. The van der Waals surface area contributed by atoms with Crippen molar-refractivity contribution in [1.82, 2.24) is 0 Å². The first-order valence-electron chi connectivity index (χ1n) is 5.38. The van der Waals surface area contributed by atoms with Gasteiger partial charge in [-0.05, 0) is 35.9 Å². The fourth-order valence-electron chi connectivity index (χ4n) is 1.25. The Kier molecular flexibility index (Phi) is 8.81. The molecule has 0 radical (unpaired) electrons. The molecule has 80 valence electrons. The lowest BCUT2D eigenvalue weighted by atomic mass is 10.4. The lowest BCUT2D eigenvalue weighted by Gasteiger charge is -2.25. The Labute approximate surface area is 97.9 Å². The third-order valence-corrected chi connectivity index (χ3v) is 7.11. The standard InChI is InChI=1S/C10H23IOSi/c1-4-6-9-12-13(3,5-2)10-7-8-11/h4-10H2,1-3H3. The van der Waals surface area contributed by atoms with E-state index in [1.165, 1.54) is 35.8 Å². The lowest BCUT2D eigenvalue weighted by molar-refractivity contribution is 0.294. The molecule has 0 saturated heterocycles. The van der Waals surface area contributed by atoms with Crippen LogP contribution < -0.4 is 0 Å². The molecule has 0 fully saturated rings. The van der Waals surface area contributed by atoms with Gasteiger partial charge in [-0.3, -0.25) is 0 Å². The number of alkyl halides is 1. The van der Waals surface area contributed by atoms with Gasteiger partial charge in [-0.2, -0.15) is 0 Å². The van der Waals surface area contributed by atoms with E-state index < -0.39 is 8.32 Å². The van der Waals surface area contributed by atoms with Crippen molar-refractivity contribution in [2.24, 2.45) is 0 Å². The van der Waals surface area contributed by atoms with Gasteiger partial charge in [-0.1, -0.05) is 42.9 Å². The van der Waals surface area contributed by atoms with Crippen LogP contribution in [0.4, 0.5) is 0 Å². The predicted octanol–water partition coefficient (Wildman–Crippen LogP) is 4.22. The SMILES string of the molecule is CCCCO[Si](C)(CC)CCCI. The van der Waals surface area contributed by atoms with E-state index in [0.717, 1.165) is 6.61 Å². The van der Waals surface area contributed by atoms with Crippen molar-refractivity contribution in [2.75, 3.05) is 11.0 Å². The summed E-state index contributed by atoms with van der Waals surface area (Å²) in [5, 5.41) is 0. The summed E-state index contributed by atoms with van der Waals surface area (Å²) in [7, 11) is -1.29. The van der Waals surface area contributed by atoms with Crippen LogP contribution in [0.1, 0.15) is 33.1 Å². The maximum atomic E-state index is 6.06. The van der Waals surface area contributed by atoms with Crippen LogP contribution in [0.25, 0.3) is 0 Å². The van der Waals surface area contributed by atoms with E-state index in [0.29, 0.717) is 0 Å². The summed E-state index contributed by atoms with van der Waals surface area (Å²) in [4.78, 5) is 0. The van der Waals surface area contributed by atoms with Gasteiger partial charge >= 0.3 is 0 Å². The van der Waals surface area contributed by atoms with Crippen molar-refractivity contribution in [3.63, 3.8) is 0 Å². The molecule has 1 nitrogen and oxygen atoms in total. The molecule has 0 aromatic carbocycles. The Morgan fingerprint density at radius 3 is 2.38 bits per heavy atom. The van der Waals surface area contributed by atoms with Gasteiger partial charge in [0.15, 0.2) is 8.32 Å². The largest absolute Gasteiger partial charge is 0.417 e. The Morgan fingerprint density at radius 1 is 1.23 bits per heavy atom. The Hall–Kier alpha value is 0.907. The lowest BCUT2D eigenvalue weighted by Crippen LogP contribution is -2.33. The molecule has 13 heavy (non-hydrogen) atoms. The minimum Gasteiger partial charge on any atom is -0.417 e. The molecule has 0 amide bonds. The fourth-order valence-corrected chi connectivity index (χ4v) is 4.62. The molecule has 1 atom stereocenters. The molecule has 0 N–H and O–H groups in total. The van der Waals surface area contributed by atoms with Crippen LogP contribution >= 0.6 is 22.6 Å². The van der Waals surface area contributed by atoms with Gasteiger partial charge in [-0.15, -0.1) is 0 Å². The average molecular weight is 314 g/mol. The molecule has 0 heterocycles. The molecule has 0 spiro atoms. The second kappa shape index (κ2) is 8.23. The van der Waals surface area contributed by atoms with Gasteiger partial charge in [-0.25, -0.2) is 0 Å². The van der Waals surface area contributed by atoms with Crippen LogP contribution in [0.3, 0.4) is 0 Å². The Morgan fingerprint density at radius 2 is 1.92 bits per heavy atom. The second-order valence-corrected chi connectivity index (χ2v) is 9.27. The normalized spacial score (nSPS) is 15.7. The molecule has 0 saturated carbocycles. The van der Waals surface area contributed by atoms with Crippen molar-refractivity contribution in [1.29, 1.82) is 0 Å². The van der Waals surface area contributed by atoms with Crippen molar-refractivity contribution in [2.45, 2.75) is 51.7 Å². The molecule has 0 aliphatic carbocycles. The molecule has 3 heteroatoms. The van der Waals surface area contributed by atoms with E-state index in [2.05, 4.69) is 43.0 Å². The zero-order valence-corrected chi connectivity index (χ0v) is 12.4. The van der Waals surface area contributed by atoms with Gasteiger partial charge in [0.2, 0.25) is 0 Å². The predicted molar refractivity (Wildman–Crippen MR) is 71.3 cm³/mol. The molecular formula is C10H23IOSi. The number of halogens is 1. The van der Waals surface area contributed by atoms with Gasteiger partial charge in [0.25, 0.3) is 0 Å². The van der Waals surface area contributed by atoms with Gasteiger partial charge in [0.1, 0.15) is 0 Å². The third-order valence-electron chi connectivity index (χ3n) is 2.54. The number of hydrogen-bond donors (Lipinski definition) is 0. The molecule has 0 aromatic rings. The Bertz CT molecular complexity index is 121. The summed E-state index contributed by atoms with van der Waals surface area (Å²) in [5.74, 6) is 0. The van der Waals surface area contributed by atoms with Gasteiger partial charge in [0.05, 0.1) is 0 Å². The van der Waals surface area contributed by atoms with Crippen LogP contribution in [-0.2, 0) is 4.43 Å². The quantitative estimate of drug-likeness (QED) is 0.282. The maximum Gasteiger partial charge on any atom is 0.189 e. The monoisotopic (exact) mass is 314 g/mol. The zero-order chi connectivity index (χ0) is 10.2. The highest BCUT2D eigenvalue weighted by Gasteiger charge is 2.25. The average Bonchev–Trinajstić information content (AvgIpc) is 2.15. The molecule has 0 aliphatic rings. The summed E-state index contributed by atoms with van der Waals surface area (Å²) in [6.07, 6.45) is 3.82. The van der Waals surface area contributed by atoms with E-state index in [-0.39, 0.29) is 0 Å².